The Kier molecular flexibility index (Phi) is 6.07. The second kappa shape index (κ2) is 7.60. The summed E-state index contributed by atoms with van der Waals surface area (Å²) in [6.45, 7) is 4.88. The van der Waals surface area contributed by atoms with Crippen molar-refractivity contribution in [3.05, 3.63) is 29.3 Å². The Morgan fingerprint density at radius 2 is 2.05 bits per heavy atom. The van der Waals surface area contributed by atoms with Gasteiger partial charge in [-0.1, -0.05) is 6.07 Å². The zero-order chi connectivity index (χ0) is 15.3. The van der Waals surface area contributed by atoms with E-state index in [4.69, 9.17) is 0 Å². The Balaban J connectivity index is 1.94. The monoisotopic (exact) mass is 330 g/mol. The molecular weight excluding hydrogens is 308 g/mol. The normalized spacial score (nSPS) is 17.0. The summed E-state index contributed by atoms with van der Waals surface area (Å²) < 4.78 is 27.1. The molecule has 0 bridgehead atoms. The van der Waals surface area contributed by atoms with Crippen LogP contribution in [0.15, 0.2) is 23.1 Å². The fourth-order valence-electron chi connectivity index (χ4n) is 2.23. The third kappa shape index (κ3) is 4.69. The maximum atomic E-state index is 12.2. The first-order valence-corrected chi connectivity index (χ1v) is 9.67. The molecule has 7 heteroatoms. The van der Waals surface area contributed by atoms with Crippen molar-refractivity contribution in [2.24, 2.45) is 0 Å². The Hall–Kier alpha value is -0.600. The van der Waals surface area contributed by atoms with E-state index in [9.17, 15) is 13.5 Å². The lowest BCUT2D eigenvalue weighted by Gasteiger charge is -2.26. The number of aliphatic hydroxyl groups excluding tert-OH is 1. The van der Waals surface area contributed by atoms with Crippen LogP contribution >= 0.6 is 11.8 Å². The fourth-order valence-corrected chi connectivity index (χ4v) is 4.28. The highest BCUT2D eigenvalue weighted by molar-refractivity contribution is 7.99. The van der Waals surface area contributed by atoms with Gasteiger partial charge in [-0.3, -0.25) is 0 Å². The van der Waals surface area contributed by atoms with Crippen molar-refractivity contribution >= 4 is 21.8 Å². The maximum Gasteiger partial charge on any atom is 0.240 e. The zero-order valence-electron chi connectivity index (χ0n) is 12.2. The molecule has 0 amide bonds. The highest BCUT2D eigenvalue weighted by Crippen LogP contribution is 2.15. The SMILES string of the molecule is Cc1ccc(S(=O)(=O)NCCN2CCSCC2)cc1CO. The van der Waals surface area contributed by atoms with Gasteiger partial charge in [0.1, 0.15) is 0 Å². The molecule has 0 saturated carbocycles. The standard InChI is InChI=1S/C14H22N2O3S2/c1-12-2-3-14(10-13(12)11-17)21(18,19)15-4-5-16-6-8-20-9-7-16/h2-3,10,15,17H,4-9,11H2,1H3. The number of nitrogens with one attached hydrogen (secondary N) is 1. The number of sulfonamides is 1. The zero-order valence-corrected chi connectivity index (χ0v) is 13.8. The Morgan fingerprint density at radius 1 is 1.33 bits per heavy atom. The van der Waals surface area contributed by atoms with Gasteiger partial charge in [0.25, 0.3) is 0 Å². The van der Waals surface area contributed by atoms with Gasteiger partial charge < -0.3 is 10.0 Å². The van der Waals surface area contributed by atoms with Gasteiger partial charge >= 0.3 is 0 Å². The molecule has 1 aromatic carbocycles. The van der Waals surface area contributed by atoms with Crippen molar-refractivity contribution in [1.29, 1.82) is 0 Å². The van der Waals surface area contributed by atoms with Crippen molar-refractivity contribution in [1.82, 2.24) is 9.62 Å². The number of aryl methyl sites for hydroxylation is 1. The molecule has 1 aliphatic rings. The van der Waals surface area contributed by atoms with Gasteiger partial charge in [-0.25, -0.2) is 13.1 Å². The minimum absolute atomic E-state index is 0.152. The van der Waals surface area contributed by atoms with E-state index >= 15 is 0 Å². The van der Waals surface area contributed by atoms with Gasteiger partial charge in [0.15, 0.2) is 0 Å². The van der Waals surface area contributed by atoms with Crippen LogP contribution in [-0.4, -0.2) is 56.1 Å². The van der Waals surface area contributed by atoms with Crippen LogP contribution < -0.4 is 4.72 Å². The molecule has 2 N–H and O–H groups in total. The summed E-state index contributed by atoms with van der Waals surface area (Å²) in [6, 6.07) is 4.84. The van der Waals surface area contributed by atoms with Gasteiger partial charge in [0.05, 0.1) is 11.5 Å². The minimum atomic E-state index is -3.50. The van der Waals surface area contributed by atoms with E-state index in [1.807, 2.05) is 18.7 Å². The van der Waals surface area contributed by atoms with Crippen LogP contribution in [0.3, 0.4) is 0 Å². The second-order valence-electron chi connectivity index (χ2n) is 5.10. The minimum Gasteiger partial charge on any atom is -0.392 e. The summed E-state index contributed by atoms with van der Waals surface area (Å²) >= 11 is 1.94. The lowest BCUT2D eigenvalue weighted by atomic mass is 10.1. The molecule has 0 radical (unpaired) electrons. The third-order valence-corrected chi connectivity index (χ3v) is 6.03. The van der Waals surface area contributed by atoms with E-state index in [0.717, 1.165) is 36.7 Å². The van der Waals surface area contributed by atoms with Gasteiger partial charge in [-0.05, 0) is 30.2 Å². The Labute approximate surface area is 130 Å². The smallest absolute Gasteiger partial charge is 0.240 e. The summed E-state index contributed by atoms with van der Waals surface area (Å²) in [5.74, 6) is 2.23. The largest absolute Gasteiger partial charge is 0.392 e. The van der Waals surface area contributed by atoms with E-state index in [1.165, 1.54) is 6.07 Å². The predicted molar refractivity (Wildman–Crippen MR) is 86.1 cm³/mol. The number of thioether (sulfide) groups is 1. The molecule has 0 aliphatic carbocycles. The van der Waals surface area contributed by atoms with Crippen molar-refractivity contribution < 1.29 is 13.5 Å². The van der Waals surface area contributed by atoms with Crippen molar-refractivity contribution in [3.8, 4) is 0 Å². The number of nitrogens with zero attached hydrogens (tertiary/aromatic N) is 1. The van der Waals surface area contributed by atoms with E-state index in [0.29, 0.717) is 12.1 Å². The second-order valence-corrected chi connectivity index (χ2v) is 8.09. The molecule has 118 valence electrons. The fraction of sp³-hybridized carbons (Fsp3) is 0.571. The average molecular weight is 330 g/mol. The molecule has 1 heterocycles. The van der Waals surface area contributed by atoms with Gasteiger partial charge in [-0.15, -0.1) is 0 Å². The summed E-state index contributed by atoms with van der Waals surface area (Å²) in [6.07, 6.45) is 0. The lowest BCUT2D eigenvalue weighted by Crippen LogP contribution is -2.39. The number of rotatable bonds is 6. The highest BCUT2D eigenvalue weighted by atomic mass is 32.2. The molecule has 1 saturated heterocycles. The van der Waals surface area contributed by atoms with Crippen LogP contribution in [-0.2, 0) is 16.6 Å². The highest BCUT2D eigenvalue weighted by Gasteiger charge is 2.16. The van der Waals surface area contributed by atoms with Crippen LogP contribution in [0.25, 0.3) is 0 Å². The summed E-state index contributed by atoms with van der Waals surface area (Å²) in [5, 5.41) is 9.23. The molecule has 0 spiro atoms. The number of hydrogen-bond acceptors (Lipinski definition) is 5. The summed E-state index contributed by atoms with van der Waals surface area (Å²) in [4.78, 5) is 2.49. The molecule has 1 aliphatic heterocycles. The van der Waals surface area contributed by atoms with Crippen LogP contribution in [0.5, 0.6) is 0 Å². The maximum absolute atomic E-state index is 12.2. The summed E-state index contributed by atoms with van der Waals surface area (Å²) in [7, 11) is -3.50. The van der Waals surface area contributed by atoms with Crippen LogP contribution in [0.1, 0.15) is 11.1 Å². The van der Waals surface area contributed by atoms with Gasteiger partial charge in [0.2, 0.25) is 10.0 Å². The number of hydrogen-bond donors (Lipinski definition) is 2. The summed E-state index contributed by atoms with van der Waals surface area (Å²) in [5.41, 5.74) is 1.54. The third-order valence-electron chi connectivity index (χ3n) is 3.63. The predicted octanol–water partition coefficient (Wildman–Crippen LogP) is 0.814. The molecule has 0 atom stereocenters. The first-order chi connectivity index (χ1) is 10.0. The first-order valence-electron chi connectivity index (χ1n) is 7.03. The number of aliphatic hydroxyl groups is 1. The molecule has 1 aromatic rings. The first kappa shape index (κ1) is 16.8. The molecule has 2 rings (SSSR count). The topological polar surface area (TPSA) is 69.6 Å². The molecule has 0 unspecified atom stereocenters. The van der Waals surface area contributed by atoms with Crippen molar-refractivity contribution in [2.45, 2.75) is 18.4 Å². The van der Waals surface area contributed by atoms with Gasteiger partial charge in [-0.2, -0.15) is 11.8 Å². The van der Waals surface area contributed by atoms with Crippen molar-refractivity contribution in [3.63, 3.8) is 0 Å². The molecule has 1 fully saturated rings. The Morgan fingerprint density at radius 3 is 2.71 bits per heavy atom. The van der Waals surface area contributed by atoms with Crippen LogP contribution in [0, 0.1) is 6.92 Å². The van der Waals surface area contributed by atoms with Crippen LogP contribution in [0.2, 0.25) is 0 Å². The van der Waals surface area contributed by atoms with E-state index in [-0.39, 0.29) is 11.5 Å². The molecule has 5 nitrogen and oxygen atoms in total. The van der Waals surface area contributed by atoms with E-state index in [1.54, 1.807) is 12.1 Å². The Bertz CT molecular complexity index is 570. The quantitative estimate of drug-likeness (QED) is 0.808. The lowest BCUT2D eigenvalue weighted by molar-refractivity contribution is 0.280. The average Bonchev–Trinajstić information content (AvgIpc) is 2.48. The van der Waals surface area contributed by atoms with E-state index < -0.39 is 10.0 Å². The molecular formula is C14H22N2O3S2. The van der Waals surface area contributed by atoms with E-state index in [2.05, 4.69) is 9.62 Å². The van der Waals surface area contributed by atoms with Crippen molar-refractivity contribution in [2.75, 3.05) is 37.7 Å². The molecule has 0 aromatic heterocycles. The molecule has 21 heavy (non-hydrogen) atoms. The van der Waals surface area contributed by atoms with Gasteiger partial charge in [0, 0.05) is 37.7 Å². The van der Waals surface area contributed by atoms with Crippen LogP contribution in [0.4, 0.5) is 0 Å². The number of benzene rings is 1.